The first-order chi connectivity index (χ1) is 17.1. The van der Waals surface area contributed by atoms with E-state index in [-0.39, 0.29) is 18.4 Å². The molecule has 2 fully saturated rings. The minimum absolute atomic E-state index is 0.000289. The fraction of sp³-hybridized carbons (Fsp3) is 0.464. The molecule has 1 N–H and O–H groups in total. The van der Waals surface area contributed by atoms with Crippen LogP contribution in [-0.4, -0.2) is 40.6 Å². The summed E-state index contributed by atoms with van der Waals surface area (Å²) in [4.78, 5) is 27.6. The average Bonchev–Trinajstić information content (AvgIpc) is 3.45. The van der Waals surface area contributed by atoms with E-state index in [9.17, 15) is 19.2 Å². The van der Waals surface area contributed by atoms with Crippen LogP contribution in [0.4, 0.5) is 9.18 Å². The summed E-state index contributed by atoms with van der Waals surface area (Å²) in [5.74, 6) is -0.500. The number of ether oxygens (including phenoxy) is 2. The Balaban J connectivity index is 1.39. The second-order valence-corrected chi connectivity index (χ2v) is 10.5. The first kappa shape index (κ1) is 25.5. The van der Waals surface area contributed by atoms with Crippen LogP contribution in [0.3, 0.4) is 0 Å². The van der Waals surface area contributed by atoms with Gasteiger partial charge in [-0.25, -0.2) is 9.18 Å². The Morgan fingerprint density at radius 3 is 2.61 bits per heavy atom. The lowest BCUT2D eigenvalue weighted by Gasteiger charge is -2.35. The van der Waals surface area contributed by atoms with Crippen LogP contribution < -0.4 is 10.1 Å². The van der Waals surface area contributed by atoms with Gasteiger partial charge in [0.25, 0.3) is 0 Å². The number of nitrogens with one attached hydrogen (secondary N) is 1. The molecule has 2 amide bonds. The van der Waals surface area contributed by atoms with Crippen molar-refractivity contribution in [3.05, 3.63) is 65.5 Å². The highest BCUT2D eigenvalue weighted by Gasteiger charge is 2.52. The van der Waals surface area contributed by atoms with Crippen molar-refractivity contribution in [3.8, 4) is 11.8 Å². The normalized spacial score (nSPS) is 21.5. The molecule has 2 aliphatic rings. The van der Waals surface area contributed by atoms with Gasteiger partial charge < -0.3 is 14.8 Å². The van der Waals surface area contributed by atoms with Gasteiger partial charge >= 0.3 is 6.09 Å². The number of carbonyl (C=O) groups is 2. The Kier molecular flexibility index (Phi) is 7.48. The van der Waals surface area contributed by atoms with Gasteiger partial charge in [-0.2, -0.15) is 5.26 Å². The smallest absolute Gasteiger partial charge is 0.411 e. The van der Waals surface area contributed by atoms with Gasteiger partial charge in [0.1, 0.15) is 35.9 Å². The first-order valence-electron chi connectivity index (χ1n) is 12.3. The largest absolute Gasteiger partial charge is 0.489 e. The maximum Gasteiger partial charge on any atom is 0.411 e. The van der Waals surface area contributed by atoms with Gasteiger partial charge in [0, 0.05) is 18.5 Å². The molecule has 1 saturated carbocycles. The number of fused-ring (bicyclic) bond motifs is 2. The van der Waals surface area contributed by atoms with Crippen LogP contribution in [0.5, 0.6) is 5.75 Å². The van der Waals surface area contributed by atoms with E-state index in [4.69, 9.17) is 9.47 Å². The molecule has 1 heterocycles. The minimum atomic E-state index is -0.942. The number of hydrogen-bond acceptors (Lipinski definition) is 5. The van der Waals surface area contributed by atoms with Gasteiger partial charge in [-0.15, -0.1) is 0 Å². The van der Waals surface area contributed by atoms with E-state index in [0.717, 1.165) is 24.8 Å². The Hall–Kier alpha value is -3.60. The molecule has 0 radical (unpaired) electrons. The summed E-state index contributed by atoms with van der Waals surface area (Å²) >= 11 is 0. The molecular weight excluding hydrogens is 461 g/mol. The Labute approximate surface area is 211 Å². The number of likely N-dealkylation sites (tertiary alicyclic amines) is 1. The third kappa shape index (κ3) is 5.96. The van der Waals surface area contributed by atoms with Crippen molar-refractivity contribution >= 4 is 12.0 Å². The van der Waals surface area contributed by atoms with E-state index in [0.29, 0.717) is 17.9 Å². The predicted octanol–water partition coefficient (Wildman–Crippen LogP) is 4.74. The van der Waals surface area contributed by atoms with Gasteiger partial charge in [0.15, 0.2) is 0 Å². The van der Waals surface area contributed by atoms with Crippen LogP contribution in [0.15, 0.2) is 48.5 Å². The van der Waals surface area contributed by atoms with Crippen molar-refractivity contribution in [3.63, 3.8) is 0 Å². The van der Waals surface area contributed by atoms with Crippen LogP contribution in [0.1, 0.15) is 51.2 Å². The van der Waals surface area contributed by atoms with Gasteiger partial charge in [-0.05, 0) is 63.1 Å². The molecule has 1 saturated heterocycles. The fourth-order valence-corrected chi connectivity index (χ4v) is 5.03. The summed E-state index contributed by atoms with van der Waals surface area (Å²) in [5.41, 5.74) is 0.588. The molecule has 1 aliphatic carbocycles. The second kappa shape index (κ2) is 10.6. The number of benzene rings is 2. The molecule has 190 valence electrons. The summed E-state index contributed by atoms with van der Waals surface area (Å²) in [6, 6.07) is 14.5. The second-order valence-electron chi connectivity index (χ2n) is 10.5. The van der Waals surface area contributed by atoms with Crippen molar-refractivity contribution in [1.29, 1.82) is 5.26 Å². The van der Waals surface area contributed by atoms with Crippen LogP contribution in [0.2, 0.25) is 0 Å². The maximum absolute atomic E-state index is 14.8. The van der Waals surface area contributed by atoms with Crippen LogP contribution >= 0.6 is 0 Å². The summed E-state index contributed by atoms with van der Waals surface area (Å²) in [6.07, 6.45) is 1.91. The van der Waals surface area contributed by atoms with Crippen LogP contribution in [-0.2, 0) is 22.6 Å². The fourth-order valence-electron chi connectivity index (χ4n) is 5.03. The quantitative estimate of drug-likeness (QED) is 0.601. The molecule has 2 bridgehead atoms. The zero-order valence-corrected chi connectivity index (χ0v) is 20.9. The van der Waals surface area contributed by atoms with Crippen molar-refractivity contribution in [2.24, 2.45) is 5.92 Å². The highest BCUT2D eigenvalue weighted by Crippen LogP contribution is 2.43. The number of halogens is 1. The van der Waals surface area contributed by atoms with Gasteiger partial charge in [0.05, 0.1) is 6.07 Å². The van der Waals surface area contributed by atoms with Gasteiger partial charge in [-0.1, -0.05) is 36.4 Å². The molecule has 8 heteroatoms. The number of carbonyl (C=O) groups excluding carboxylic acids is 2. The molecule has 2 aromatic rings. The van der Waals surface area contributed by atoms with E-state index in [2.05, 4.69) is 11.4 Å². The summed E-state index contributed by atoms with van der Waals surface area (Å²) in [7, 11) is 0. The van der Waals surface area contributed by atoms with E-state index < -0.39 is 35.5 Å². The molecule has 36 heavy (non-hydrogen) atoms. The molecule has 7 nitrogen and oxygen atoms in total. The first-order valence-corrected chi connectivity index (χ1v) is 12.3. The van der Waals surface area contributed by atoms with Gasteiger partial charge in [0.2, 0.25) is 5.91 Å². The molecule has 2 aromatic carbocycles. The number of nitriles is 1. The highest BCUT2D eigenvalue weighted by molar-refractivity contribution is 5.87. The average molecular weight is 494 g/mol. The Bertz CT molecular complexity index is 1140. The summed E-state index contributed by atoms with van der Waals surface area (Å²) in [5, 5.41) is 12.4. The topological polar surface area (TPSA) is 91.7 Å². The highest BCUT2D eigenvalue weighted by atomic mass is 19.1. The van der Waals surface area contributed by atoms with E-state index in [1.54, 1.807) is 32.9 Å². The lowest BCUT2D eigenvalue weighted by Crippen LogP contribution is -2.55. The third-order valence-electron chi connectivity index (χ3n) is 6.63. The third-order valence-corrected chi connectivity index (χ3v) is 6.63. The summed E-state index contributed by atoms with van der Waals surface area (Å²) < 4.78 is 26.0. The zero-order valence-electron chi connectivity index (χ0n) is 20.9. The van der Waals surface area contributed by atoms with Crippen molar-refractivity contribution in [2.75, 3.05) is 0 Å². The number of piperidine rings is 1. The van der Waals surface area contributed by atoms with Gasteiger partial charge in [-0.3, -0.25) is 9.69 Å². The summed E-state index contributed by atoms with van der Waals surface area (Å²) in [6.45, 7) is 5.67. The molecule has 4 rings (SSSR count). The lowest BCUT2D eigenvalue weighted by molar-refractivity contribution is -0.128. The standard InChI is InChI=1S/C28H32FN3O4/c1-28(2,3)36-27(34)32-22-11-9-20(14-22)25(32)26(33)31-21(16-30)13-19-10-12-23(15-24(19)29)35-17-18-7-5-4-6-8-18/h4-8,10,12,15,20-22,25H,9,11,13-14,17H2,1-3H3,(H,31,33)/t20-,21-,22+,25-/m0/s1. The number of hydrogen-bond donors (Lipinski definition) is 1. The molecule has 4 atom stereocenters. The number of nitrogens with zero attached hydrogens (tertiary/aromatic N) is 2. The van der Waals surface area contributed by atoms with E-state index >= 15 is 0 Å². The van der Waals surface area contributed by atoms with E-state index in [1.807, 2.05) is 30.3 Å². The zero-order chi connectivity index (χ0) is 25.9. The van der Waals surface area contributed by atoms with Crippen LogP contribution in [0, 0.1) is 23.1 Å². The van der Waals surface area contributed by atoms with E-state index in [1.165, 1.54) is 11.0 Å². The molecule has 1 aliphatic heterocycles. The molecule has 0 unspecified atom stereocenters. The lowest BCUT2D eigenvalue weighted by atomic mass is 9.97. The van der Waals surface area contributed by atoms with Crippen molar-refractivity contribution in [2.45, 2.75) is 76.8 Å². The molecular formula is C28H32FN3O4. The Morgan fingerprint density at radius 2 is 1.94 bits per heavy atom. The van der Waals surface area contributed by atoms with Crippen molar-refractivity contribution < 1.29 is 23.5 Å². The maximum atomic E-state index is 14.8. The monoisotopic (exact) mass is 493 g/mol. The number of amides is 2. The minimum Gasteiger partial charge on any atom is -0.489 e. The van der Waals surface area contributed by atoms with Crippen molar-refractivity contribution in [1.82, 2.24) is 10.2 Å². The molecule has 0 aromatic heterocycles. The SMILES string of the molecule is CC(C)(C)OC(=O)N1[C@@H]2CC[C@@H](C2)[C@H]1C(=O)N[C@H](C#N)Cc1ccc(OCc2ccccc2)cc1F. The molecule has 0 spiro atoms. The number of rotatable bonds is 7. The predicted molar refractivity (Wildman–Crippen MR) is 131 cm³/mol. The Morgan fingerprint density at radius 1 is 1.19 bits per heavy atom. The van der Waals surface area contributed by atoms with Crippen LogP contribution in [0.25, 0.3) is 0 Å².